The molecular weight excluding hydrogens is 412 g/mol. The van der Waals surface area contributed by atoms with Crippen LogP contribution in [0.15, 0.2) is 22.8 Å². The van der Waals surface area contributed by atoms with Gasteiger partial charge in [0.15, 0.2) is 0 Å². The molecule has 5 aliphatic rings. The topological polar surface area (TPSA) is 80.9 Å². The van der Waals surface area contributed by atoms with Gasteiger partial charge in [-0.15, -0.1) is 0 Å². The Labute approximate surface area is 200 Å². The summed E-state index contributed by atoms with van der Waals surface area (Å²) in [5.74, 6) is 0.873. The lowest BCUT2D eigenvalue weighted by Gasteiger charge is -2.67. The molecule has 4 nitrogen and oxygen atoms in total. The van der Waals surface area contributed by atoms with Gasteiger partial charge < -0.3 is 20.4 Å². The molecule has 186 valence electrons. The van der Waals surface area contributed by atoms with Crippen molar-refractivity contribution in [1.82, 2.24) is 0 Å². The minimum absolute atomic E-state index is 0.0474. The molecule has 0 heterocycles. The summed E-state index contributed by atoms with van der Waals surface area (Å²) in [5, 5.41) is 44.7. The lowest BCUT2D eigenvalue weighted by atomic mass is 9.38. The zero-order chi connectivity index (χ0) is 24.1. The smallest absolute Gasteiger partial charge is 0.0651 e. The minimum Gasteiger partial charge on any atom is -0.396 e. The fourth-order valence-electron chi connectivity index (χ4n) is 10.0. The molecule has 4 N–H and O–H groups in total. The van der Waals surface area contributed by atoms with Crippen molar-refractivity contribution >= 4 is 0 Å². The summed E-state index contributed by atoms with van der Waals surface area (Å²) in [7, 11) is 0. The Hall–Kier alpha value is -0.680. The van der Waals surface area contributed by atoms with Crippen LogP contribution < -0.4 is 0 Å². The van der Waals surface area contributed by atoms with Gasteiger partial charge in [0.25, 0.3) is 0 Å². The Bertz CT molecular complexity index is 886. The molecule has 2 saturated carbocycles. The van der Waals surface area contributed by atoms with Crippen LogP contribution in [0.3, 0.4) is 0 Å². The van der Waals surface area contributed by atoms with Gasteiger partial charge in [-0.2, -0.15) is 0 Å². The monoisotopic (exact) mass is 458 g/mol. The number of allylic oxidation sites excluding steroid dienone is 2. The highest BCUT2D eigenvalue weighted by atomic mass is 16.3. The normalized spacial score (nSPS) is 50.9. The van der Waals surface area contributed by atoms with Crippen molar-refractivity contribution in [3.8, 4) is 0 Å². The second-order valence-corrected chi connectivity index (χ2v) is 13.7. The van der Waals surface area contributed by atoms with Crippen LogP contribution in [0.25, 0.3) is 0 Å². The van der Waals surface area contributed by atoms with Crippen LogP contribution in [0, 0.1) is 45.3 Å². The molecule has 0 saturated heterocycles. The molecule has 0 radical (unpaired) electrons. The third kappa shape index (κ3) is 2.84. The maximum Gasteiger partial charge on any atom is 0.0651 e. The fourth-order valence-corrected chi connectivity index (χ4v) is 10.0. The molecule has 0 spiro atoms. The van der Waals surface area contributed by atoms with Crippen LogP contribution >= 0.6 is 0 Å². The molecule has 4 heteroatoms. The van der Waals surface area contributed by atoms with Gasteiger partial charge in [-0.25, -0.2) is 0 Å². The predicted octanol–water partition coefficient (Wildman–Crippen LogP) is 4.61. The molecule has 0 aromatic carbocycles. The van der Waals surface area contributed by atoms with Gasteiger partial charge >= 0.3 is 0 Å². The fraction of sp³-hybridized carbons (Fsp3) is 0.862. The average molecular weight is 459 g/mol. The molecule has 9 atom stereocenters. The molecule has 0 amide bonds. The Morgan fingerprint density at radius 1 is 1.00 bits per heavy atom. The molecule has 5 aliphatic carbocycles. The van der Waals surface area contributed by atoms with Crippen LogP contribution in [0.5, 0.6) is 0 Å². The van der Waals surface area contributed by atoms with Gasteiger partial charge in [-0.1, -0.05) is 53.2 Å². The quantitative estimate of drug-likeness (QED) is 0.487. The Kier molecular flexibility index (Phi) is 5.40. The van der Waals surface area contributed by atoms with Crippen molar-refractivity contribution in [2.75, 3.05) is 6.61 Å². The minimum atomic E-state index is -0.467. The number of rotatable bonds is 2. The van der Waals surface area contributed by atoms with Crippen molar-refractivity contribution in [1.29, 1.82) is 0 Å². The molecule has 9 unspecified atom stereocenters. The van der Waals surface area contributed by atoms with Crippen molar-refractivity contribution < 1.29 is 20.4 Å². The summed E-state index contributed by atoms with van der Waals surface area (Å²) in [6, 6.07) is 0. The Morgan fingerprint density at radius 3 is 2.33 bits per heavy atom. The number of aliphatic hydroxyl groups excluding tert-OH is 4. The highest BCUT2D eigenvalue weighted by Crippen LogP contribution is 2.74. The van der Waals surface area contributed by atoms with Gasteiger partial charge in [0.2, 0.25) is 0 Å². The van der Waals surface area contributed by atoms with E-state index in [0.717, 1.165) is 38.5 Å². The van der Waals surface area contributed by atoms with Crippen LogP contribution in [-0.2, 0) is 0 Å². The number of hydrogen-bond donors (Lipinski definition) is 4. The molecule has 2 fully saturated rings. The van der Waals surface area contributed by atoms with E-state index < -0.39 is 12.2 Å². The van der Waals surface area contributed by atoms with E-state index in [1.54, 1.807) is 0 Å². The largest absolute Gasteiger partial charge is 0.396 e. The first-order valence-corrected chi connectivity index (χ1v) is 13.4. The average Bonchev–Trinajstić information content (AvgIpc) is 3.06. The molecular formula is C29H46O4. The highest BCUT2D eigenvalue weighted by Gasteiger charge is 2.70. The van der Waals surface area contributed by atoms with E-state index in [-0.39, 0.29) is 46.2 Å². The van der Waals surface area contributed by atoms with E-state index in [4.69, 9.17) is 0 Å². The number of hydrogen-bond acceptors (Lipinski definition) is 4. The molecule has 0 aromatic heterocycles. The molecule has 0 aromatic rings. The summed E-state index contributed by atoms with van der Waals surface area (Å²) >= 11 is 0. The van der Waals surface area contributed by atoms with E-state index in [1.165, 1.54) is 16.7 Å². The number of aliphatic hydroxyl groups is 4. The molecule has 0 aliphatic heterocycles. The molecule has 0 bridgehead atoms. The molecule has 5 rings (SSSR count). The third-order valence-electron chi connectivity index (χ3n) is 12.0. The van der Waals surface area contributed by atoms with Crippen LogP contribution in [0.1, 0.15) is 86.5 Å². The first kappa shape index (κ1) is 24.0. The van der Waals surface area contributed by atoms with E-state index in [1.807, 2.05) is 0 Å². The Morgan fingerprint density at radius 2 is 1.70 bits per heavy atom. The summed E-state index contributed by atoms with van der Waals surface area (Å²) in [5.41, 5.74) is 3.15. The zero-order valence-corrected chi connectivity index (χ0v) is 21.6. The van der Waals surface area contributed by atoms with Gasteiger partial charge in [0, 0.05) is 23.4 Å². The molecule has 33 heavy (non-hydrogen) atoms. The van der Waals surface area contributed by atoms with Gasteiger partial charge in [-0.3, -0.25) is 0 Å². The van der Waals surface area contributed by atoms with Gasteiger partial charge in [-0.05, 0) is 84.7 Å². The van der Waals surface area contributed by atoms with Crippen molar-refractivity contribution in [3.05, 3.63) is 22.8 Å². The third-order valence-corrected chi connectivity index (χ3v) is 12.0. The van der Waals surface area contributed by atoms with Crippen molar-refractivity contribution in [3.63, 3.8) is 0 Å². The first-order valence-electron chi connectivity index (χ1n) is 13.4. The van der Waals surface area contributed by atoms with Crippen LogP contribution in [0.4, 0.5) is 0 Å². The van der Waals surface area contributed by atoms with Crippen molar-refractivity contribution in [2.45, 2.75) is 105 Å². The summed E-state index contributed by atoms with van der Waals surface area (Å²) < 4.78 is 0. The van der Waals surface area contributed by atoms with Crippen LogP contribution in [0.2, 0.25) is 0 Å². The summed E-state index contributed by atoms with van der Waals surface area (Å²) in [4.78, 5) is 0. The SMILES string of the molecule is CC(C)C1CC(O)C2C1(CO)CCC1(C)C3C(=CCC21C)C1=C(CC3O)C(C)(C)C(O)CC1. The lowest BCUT2D eigenvalue weighted by Crippen LogP contribution is -2.63. The van der Waals surface area contributed by atoms with Crippen LogP contribution in [-0.4, -0.2) is 45.3 Å². The van der Waals surface area contributed by atoms with E-state index in [2.05, 4.69) is 47.6 Å². The maximum atomic E-state index is 11.7. The van der Waals surface area contributed by atoms with E-state index in [0.29, 0.717) is 18.3 Å². The standard InChI is InChI=1S/C29H46O4/c1-16(2)19-13-22(32)25-28(6)10-9-18-17-7-8-23(33)26(3,4)20(17)14-21(31)24(18)27(28,5)11-12-29(19,25)15-30/h9,16,19,21-25,30-33H,7-8,10-15H2,1-6H3. The highest BCUT2D eigenvalue weighted by molar-refractivity contribution is 5.49. The predicted molar refractivity (Wildman–Crippen MR) is 130 cm³/mol. The zero-order valence-electron chi connectivity index (χ0n) is 21.6. The Balaban J connectivity index is 1.64. The maximum absolute atomic E-state index is 11.7. The van der Waals surface area contributed by atoms with E-state index >= 15 is 0 Å². The van der Waals surface area contributed by atoms with Gasteiger partial charge in [0.05, 0.1) is 18.3 Å². The second kappa shape index (κ2) is 7.41. The van der Waals surface area contributed by atoms with Crippen molar-refractivity contribution in [2.24, 2.45) is 45.3 Å². The second-order valence-electron chi connectivity index (χ2n) is 13.7. The van der Waals surface area contributed by atoms with Gasteiger partial charge in [0.1, 0.15) is 0 Å². The number of fused-ring (bicyclic) bond motifs is 6. The summed E-state index contributed by atoms with van der Waals surface area (Å²) in [6.07, 6.45) is 7.04. The summed E-state index contributed by atoms with van der Waals surface area (Å²) in [6.45, 7) is 13.6. The first-order chi connectivity index (χ1) is 15.3. The van der Waals surface area contributed by atoms with E-state index in [9.17, 15) is 20.4 Å². The lowest BCUT2D eigenvalue weighted by molar-refractivity contribution is -0.191.